The third kappa shape index (κ3) is 3.81. The number of hydrogen-bond donors (Lipinski definition) is 1. The smallest absolute Gasteiger partial charge is 0.236 e. The van der Waals surface area contributed by atoms with E-state index in [0.717, 1.165) is 5.56 Å². The second kappa shape index (κ2) is 7.41. The molecule has 0 radical (unpaired) electrons. The molecular formula is C17H13FN6OS2. The highest BCUT2D eigenvalue weighted by Gasteiger charge is 2.14. The van der Waals surface area contributed by atoms with Crippen molar-refractivity contribution in [3.8, 4) is 11.4 Å². The van der Waals surface area contributed by atoms with Gasteiger partial charge in [0.2, 0.25) is 5.91 Å². The summed E-state index contributed by atoms with van der Waals surface area (Å²) in [6, 6.07) is 8.03. The molecule has 0 saturated carbocycles. The number of amides is 1. The third-order valence-electron chi connectivity index (χ3n) is 3.70. The van der Waals surface area contributed by atoms with Crippen LogP contribution in [-0.4, -0.2) is 36.4 Å². The topological polar surface area (TPSA) is 85.6 Å². The number of hydrogen-bond acceptors (Lipinski definition) is 7. The lowest BCUT2D eigenvalue weighted by atomic mass is 10.2. The molecule has 4 aromatic rings. The third-order valence-corrected chi connectivity index (χ3v) is 5.66. The van der Waals surface area contributed by atoms with Crippen LogP contribution in [0.15, 0.2) is 47.9 Å². The Kier molecular flexibility index (Phi) is 4.82. The van der Waals surface area contributed by atoms with Gasteiger partial charge in [0, 0.05) is 25.0 Å². The first-order chi connectivity index (χ1) is 13.1. The first-order valence-electron chi connectivity index (χ1n) is 7.89. The van der Waals surface area contributed by atoms with Gasteiger partial charge in [0.15, 0.2) is 16.1 Å². The molecule has 10 heteroatoms. The largest absolute Gasteiger partial charge is 0.305 e. The number of halogens is 1. The van der Waals surface area contributed by atoms with Crippen molar-refractivity contribution < 1.29 is 9.18 Å². The Labute approximate surface area is 161 Å². The molecule has 3 aromatic heterocycles. The monoisotopic (exact) mass is 400 g/mol. The van der Waals surface area contributed by atoms with Gasteiger partial charge in [-0.05, 0) is 30.3 Å². The number of carbonyl (C=O) groups excluding carboxylic acids is 1. The van der Waals surface area contributed by atoms with Crippen LogP contribution < -0.4 is 5.32 Å². The number of benzene rings is 1. The highest BCUT2D eigenvalue weighted by molar-refractivity contribution is 7.99. The minimum Gasteiger partial charge on any atom is -0.305 e. The Morgan fingerprint density at radius 1 is 1.26 bits per heavy atom. The normalized spacial score (nSPS) is 11.0. The van der Waals surface area contributed by atoms with E-state index in [1.165, 1.54) is 35.2 Å². The Hall–Kier alpha value is -2.85. The van der Waals surface area contributed by atoms with E-state index < -0.39 is 0 Å². The molecule has 136 valence electrons. The van der Waals surface area contributed by atoms with Crippen LogP contribution >= 0.6 is 23.1 Å². The van der Waals surface area contributed by atoms with Crippen molar-refractivity contribution in [1.29, 1.82) is 0 Å². The number of thioether (sulfide) groups is 1. The zero-order valence-electron chi connectivity index (χ0n) is 14.1. The summed E-state index contributed by atoms with van der Waals surface area (Å²) in [5, 5.41) is 12.1. The SMILES string of the molecule is Cn1c(SCC(=O)Nc2nc3ccc(F)cc3s2)nnc1-c1ccncc1. The van der Waals surface area contributed by atoms with E-state index in [1.807, 2.05) is 23.7 Å². The van der Waals surface area contributed by atoms with Crippen LogP contribution in [0.4, 0.5) is 9.52 Å². The maximum Gasteiger partial charge on any atom is 0.236 e. The summed E-state index contributed by atoms with van der Waals surface area (Å²) in [5.41, 5.74) is 1.55. The lowest BCUT2D eigenvalue weighted by Gasteiger charge is -2.03. The average molecular weight is 400 g/mol. The van der Waals surface area contributed by atoms with Crippen molar-refractivity contribution in [3.05, 3.63) is 48.5 Å². The van der Waals surface area contributed by atoms with Crippen LogP contribution in [0.3, 0.4) is 0 Å². The number of thiazole rings is 1. The minimum atomic E-state index is -0.327. The van der Waals surface area contributed by atoms with Gasteiger partial charge in [-0.15, -0.1) is 10.2 Å². The van der Waals surface area contributed by atoms with E-state index in [1.54, 1.807) is 18.5 Å². The summed E-state index contributed by atoms with van der Waals surface area (Å²) in [6.07, 6.45) is 3.38. The first kappa shape index (κ1) is 17.6. The molecule has 0 atom stereocenters. The number of aromatic nitrogens is 5. The highest BCUT2D eigenvalue weighted by atomic mass is 32.2. The number of fused-ring (bicyclic) bond motifs is 1. The Bertz CT molecular complexity index is 1110. The molecule has 4 rings (SSSR count). The van der Waals surface area contributed by atoms with E-state index in [9.17, 15) is 9.18 Å². The molecule has 1 aromatic carbocycles. The lowest BCUT2D eigenvalue weighted by molar-refractivity contribution is -0.113. The number of pyridine rings is 1. The summed E-state index contributed by atoms with van der Waals surface area (Å²) in [4.78, 5) is 20.5. The van der Waals surface area contributed by atoms with Crippen LogP contribution in [-0.2, 0) is 11.8 Å². The molecule has 1 amide bonds. The minimum absolute atomic E-state index is 0.159. The van der Waals surface area contributed by atoms with Crippen LogP contribution in [0, 0.1) is 5.82 Å². The molecule has 27 heavy (non-hydrogen) atoms. The molecule has 0 fully saturated rings. The van der Waals surface area contributed by atoms with Crippen LogP contribution in [0.1, 0.15) is 0 Å². The molecule has 0 unspecified atom stereocenters. The maximum absolute atomic E-state index is 13.2. The van der Waals surface area contributed by atoms with E-state index in [4.69, 9.17) is 0 Å². The lowest BCUT2D eigenvalue weighted by Crippen LogP contribution is -2.14. The number of nitrogens with zero attached hydrogens (tertiary/aromatic N) is 5. The number of rotatable bonds is 5. The second-order valence-corrected chi connectivity index (χ2v) is 7.54. The van der Waals surface area contributed by atoms with Gasteiger partial charge in [-0.25, -0.2) is 9.37 Å². The van der Waals surface area contributed by atoms with Crippen LogP contribution in [0.2, 0.25) is 0 Å². The Morgan fingerprint density at radius 2 is 2.07 bits per heavy atom. The van der Waals surface area contributed by atoms with E-state index in [2.05, 4.69) is 25.5 Å². The highest BCUT2D eigenvalue weighted by Crippen LogP contribution is 2.27. The predicted molar refractivity (Wildman–Crippen MR) is 103 cm³/mol. The van der Waals surface area contributed by atoms with Crippen molar-refractivity contribution in [1.82, 2.24) is 24.7 Å². The molecular weight excluding hydrogens is 387 g/mol. The maximum atomic E-state index is 13.2. The van der Waals surface area contributed by atoms with Crippen molar-refractivity contribution >= 4 is 44.4 Å². The predicted octanol–water partition coefficient (Wildman–Crippen LogP) is 3.36. The zero-order chi connectivity index (χ0) is 18.8. The molecule has 0 aliphatic rings. The molecule has 0 aliphatic carbocycles. The van der Waals surface area contributed by atoms with Gasteiger partial charge in [-0.3, -0.25) is 9.78 Å². The number of carbonyl (C=O) groups is 1. The number of anilines is 1. The summed E-state index contributed by atoms with van der Waals surface area (Å²) in [5.74, 6) is 0.320. The van der Waals surface area contributed by atoms with Gasteiger partial charge >= 0.3 is 0 Å². The van der Waals surface area contributed by atoms with E-state index in [-0.39, 0.29) is 17.5 Å². The average Bonchev–Trinajstić information content (AvgIpc) is 3.23. The molecule has 7 nitrogen and oxygen atoms in total. The van der Waals surface area contributed by atoms with Crippen molar-refractivity contribution in [2.45, 2.75) is 5.16 Å². The van der Waals surface area contributed by atoms with Gasteiger partial charge in [0.25, 0.3) is 0 Å². The van der Waals surface area contributed by atoms with Gasteiger partial charge < -0.3 is 9.88 Å². The standard InChI is InChI=1S/C17H13FN6OS2/c1-24-15(10-4-6-19-7-5-10)22-23-17(24)26-9-14(25)21-16-20-12-3-2-11(18)8-13(12)27-16/h2-8H,9H2,1H3,(H,20,21,25). The fourth-order valence-electron chi connectivity index (χ4n) is 2.43. The second-order valence-electron chi connectivity index (χ2n) is 5.57. The Morgan fingerprint density at radius 3 is 2.89 bits per heavy atom. The van der Waals surface area contributed by atoms with Gasteiger partial charge in [0.05, 0.1) is 16.0 Å². The van der Waals surface area contributed by atoms with Gasteiger partial charge in [0.1, 0.15) is 5.82 Å². The fraction of sp³-hybridized carbons (Fsp3) is 0.118. The van der Waals surface area contributed by atoms with E-state index in [0.29, 0.717) is 26.3 Å². The molecule has 0 saturated heterocycles. The summed E-state index contributed by atoms with van der Waals surface area (Å²) in [7, 11) is 1.85. The van der Waals surface area contributed by atoms with Gasteiger partial charge in [-0.2, -0.15) is 0 Å². The van der Waals surface area contributed by atoms with Crippen molar-refractivity contribution in [3.63, 3.8) is 0 Å². The molecule has 1 N–H and O–H groups in total. The molecule has 3 heterocycles. The Balaban J connectivity index is 1.41. The molecule has 0 bridgehead atoms. The molecule has 0 spiro atoms. The number of nitrogens with one attached hydrogen (secondary N) is 1. The quantitative estimate of drug-likeness (QED) is 0.517. The fourth-order valence-corrected chi connectivity index (χ4v) is 4.05. The zero-order valence-corrected chi connectivity index (χ0v) is 15.7. The summed E-state index contributed by atoms with van der Waals surface area (Å²) >= 11 is 2.51. The summed E-state index contributed by atoms with van der Waals surface area (Å²) < 4.78 is 15.8. The van der Waals surface area contributed by atoms with Crippen LogP contribution in [0.25, 0.3) is 21.6 Å². The van der Waals surface area contributed by atoms with E-state index >= 15 is 0 Å². The summed E-state index contributed by atoms with van der Waals surface area (Å²) in [6.45, 7) is 0. The van der Waals surface area contributed by atoms with Gasteiger partial charge in [-0.1, -0.05) is 23.1 Å². The van der Waals surface area contributed by atoms with Crippen LogP contribution in [0.5, 0.6) is 0 Å². The van der Waals surface area contributed by atoms with Crippen molar-refractivity contribution in [2.24, 2.45) is 7.05 Å². The first-order valence-corrected chi connectivity index (χ1v) is 9.69. The molecule has 0 aliphatic heterocycles. The van der Waals surface area contributed by atoms with Crippen molar-refractivity contribution in [2.75, 3.05) is 11.1 Å².